The van der Waals surface area contributed by atoms with E-state index in [1.54, 1.807) is 18.7 Å². The number of amides is 1. The van der Waals surface area contributed by atoms with Crippen LogP contribution in [-0.4, -0.2) is 35.5 Å². The van der Waals surface area contributed by atoms with Gasteiger partial charge in [0.1, 0.15) is 5.92 Å². The summed E-state index contributed by atoms with van der Waals surface area (Å²) >= 11 is 1.66. The van der Waals surface area contributed by atoms with Gasteiger partial charge in [0.15, 0.2) is 8.24 Å². The number of benzene rings is 3. The minimum Gasteiger partial charge on any atom is -0.356 e. The molecule has 7 nitrogen and oxygen atoms in total. The van der Waals surface area contributed by atoms with Crippen molar-refractivity contribution in [1.82, 2.24) is 4.57 Å². The second-order valence-electron chi connectivity index (χ2n) is 12.0. The summed E-state index contributed by atoms with van der Waals surface area (Å²) in [5, 5.41) is 14.7. The second kappa shape index (κ2) is 10.2. The lowest BCUT2D eigenvalue weighted by atomic mass is 9.84. The molecule has 3 aromatic rings. The van der Waals surface area contributed by atoms with Crippen LogP contribution in [0.15, 0.2) is 112 Å². The zero-order valence-electron chi connectivity index (χ0n) is 23.8. The van der Waals surface area contributed by atoms with Crippen LogP contribution in [0.4, 0.5) is 0 Å². The number of hydrogen-bond donors (Lipinski definition) is 0. The van der Waals surface area contributed by atoms with E-state index in [1.165, 1.54) is 0 Å². The first-order valence-electron chi connectivity index (χ1n) is 13.5. The Kier molecular flexibility index (Phi) is 7.16. The van der Waals surface area contributed by atoms with Gasteiger partial charge in [-0.25, -0.2) is 0 Å². The number of nitrogens with zero attached hydrogens (tertiary/aromatic N) is 5. The van der Waals surface area contributed by atoms with E-state index < -0.39 is 29.9 Å². The van der Waals surface area contributed by atoms with Crippen LogP contribution in [0, 0.1) is 5.92 Å². The van der Waals surface area contributed by atoms with Gasteiger partial charge in [0.25, 0.3) is 5.66 Å². The predicted molar refractivity (Wildman–Crippen MR) is 161 cm³/mol. The molecule has 0 spiro atoms. The van der Waals surface area contributed by atoms with Crippen molar-refractivity contribution in [3.05, 3.63) is 108 Å². The SMILES string of the molecule is CC1(C(=O)C2C(=O)N([Si](C)(C)C(C)(C)C)C2SC(c2ccccc2)(c2ccccc2)c2ccccc2)N=NN=N1. The number of carbonyl (C=O) groups is 2. The fourth-order valence-corrected chi connectivity index (χ4v) is 10.2. The third-order valence-corrected chi connectivity index (χ3v) is 15.9. The van der Waals surface area contributed by atoms with E-state index in [2.05, 4.69) is 90.9 Å². The maximum Gasteiger partial charge on any atom is 0.250 e. The lowest BCUT2D eigenvalue weighted by Gasteiger charge is -2.59. The largest absolute Gasteiger partial charge is 0.356 e. The summed E-state index contributed by atoms with van der Waals surface area (Å²) < 4.78 is 1.34. The molecule has 2 atom stereocenters. The highest BCUT2D eigenvalue weighted by Crippen LogP contribution is 2.57. The lowest BCUT2D eigenvalue weighted by Crippen LogP contribution is -2.74. The number of β-lactam (4-membered cyclic amide) rings is 1. The average Bonchev–Trinajstić information content (AvgIpc) is 3.39. The average molecular weight is 570 g/mol. The van der Waals surface area contributed by atoms with Crippen LogP contribution >= 0.6 is 11.8 Å². The van der Waals surface area contributed by atoms with Crippen molar-refractivity contribution < 1.29 is 9.59 Å². The smallest absolute Gasteiger partial charge is 0.250 e. The van der Waals surface area contributed by atoms with Crippen LogP contribution < -0.4 is 0 Å². The molecule has 0 saturated carbocycles. The monoisotopic (exact) mass is 569 g/mol. The summed E-state index contributed by atoms with van der Waals surface area (Å²) in [5.74, 6) is -1.44. The Bertz CT molecular complexity index is 1350. The topological polar surface area (TPSA) is 86.8 Å². The highest BCUT2D eigenvalue weighted by Gasteiger charge is 2.64. The Morgan fingerprint density at radius 3 is 1.57 bits per heavy atom. The number of Topliss-reactive ketones (excluding diaryl/α,β-unsaturated/α-hetero) is 1. The van der Waals surface area contributed by atoms with Crippen molar-refractivity contribution in [1.29, 1.82) is 0 Å². The fourth-order valence-electron chi connectivity index (χ4n) is 5.31. The number of carbonyl (C=O) groups excluding carboxylic acids is 2. The molecule has 1 amide bonds. The number of hydrogen-bond acceptors (Lipinski definition) is 7. The molecular formula is C31H35N5O2SSi. The van der Waals surface area contributed by atoms with Crippen molar-refractivity contribution in [2.24, 2.45) is 26.6 Å². The number of thioether (sulfide) groups is 1. The fraction of sp³-hybridized carbons (Fsp3) is 0.355. The van der Waals surface area contributed by atoms with Gasteiger partial charge in [-0.05, 0) is 39.1 Å². The summed E-state index contributed by atoms with van der Waals surface area (Å²) in [4.78, 5) is 28.1. The lowest BCUT2D eigenvalue weighted by molar-refractivity contribution is -0.151. The third kappa shape index (κ3) is 4.45. The quantitative estimate of drug-likeness (QED) is 0.121. The molecule has 3 aromatic carbocycles. The van der Waals surface area contributed by atoms with Gasteiger partial charge >= 0.3 is 0 Å². The summed E-state index contributed by atoms with van der Waals surface area (Å²) in [7, 11) is -2.40. The van der Waals surface area contributed by atoms with Gasteiger partial charge in [0, 0.05) is 0 Å². The van der Waals surface area contributed by atoms with Crippen LogP contribution in [0.3, 0.4) is 0 Å². The number of rotatable bonds is 8. The molecule has 40 heavy (non-hydrogen) atoms. The molecule has 9 heteroatoms. The van der Waals surface area contributed by atoms with E-state index >= 15 is 0 Å². The van der Waals surface area contributed by atoms with Gasteiger partial charge in [-0.15, -0.1) is 22.0 Å². The Labute approximate surface area is 241 Å². The van der Waals surface area contributed by atoms with Crippen molar-refractivity contribution in [3.8, 4) is 0 Å². The van der Waals surface area contributed by atoms with E-state index in [1.807, 2.05) is 59.2 Å². The predicted octanol–water partition coefficient (Wildman–Crippen LogP) is 7.62. The maximum absolute atomic E-state index is 14.1. The first-order chi connectivity index (χ1) is 18.9. The minimum absolute atomic E-state index is 0.124. The van der Waals surface area contributed by atoms with Crippen molar-refractivity contribution in [2.45, 2.75) is 61.6 Å². The van der Waals surface area contributed by atoms with E-state index in [4.69, 9.17) is 0 Å². The van der Waals surface area contributed by atoms with E-state index in [0.29, 0.717) is 0 Å². The molecular weight excluding hydrogens is 535 g/mol. The van der Waals surface area contributed by atoms with Crippen molar-refractivity contribution >= 4 is 31.7 Å². The summed E-state index contributed by atoms with van der Waals surface area (Å²) in [5.41, 5.74) is 1.73. The highest BCUT2D eigenvalue weighted by atomic mass is 32.2. The maximum atomic E-state index is 14.1. The first kappa shape index (κ1) is 28.1. The van der Waals surface area contributed by atoms with Crippen LogP contribution in [0.25, 0.3) is 0 Å². The number of ketones is 1. The molecule has 0 aromatic heterocycles. The standard InChI is InChI=1S/C31H35N5O2SSi/c1-29(2,3)40(5,6)36-27(38)25(26(37)30(4)32-34-35-33-30)28(36)39-31(22-16-10-7-11-17-22,23-18-12-8-13-19-23)24-20-14-9-15-21-24/h7-21,25,28H,1-6H3. The molecule has 2 heterocycles. The Balaban J connectivity index is 1.73. The highest BCUT2D eigenvalue weighted by molar-refractivity contribution is 8.01. The first-order valence-corrected chi connectivity index (χ1v) is 17.3. The molecule has 2 unspecified atom stereocenters. The minimum atomic E-state index is -2.40. The molecule has 2 aliphatic heterocycles. The molecule has 1 saturated heterocycles. The summed E-state index contributed by atoms with van der Waals surface area (Å²) in [6, 6.07) is 31.0. The van der Waals surface area contributed by atoms with Gasteiger partial charge in [0.2, 0.25) is 11.7 Å². The molecule has 0 radical (unpaired) electrons. The zero-order chi connectivity index (χ0) is 28.8. The Morgan fingerprint density at radius 2 is 1.20 bits per heavy atom. The zero-order valence-corrected chi connectivity index (χ0v) is 25.6. The van der Waals surface area contributed by atoms with Crippen LogP contribution in [0.2, 0.25) is 18.1 Å². The van der Waals surface area contributed by atoms with E-state index in [-0.39, 0.29) is 16.7 Å². The Morgan fingerprint density at radius 1 is 0.800 bits per heavy atom. The van der Waals surface area contributed by atoms with E-state index in [9.17, 15) is 9.59 Å². The summed E-state index contributed by atoms with van der Waals surface area (Å²) in [6.45, 7) is 12.6. The normalized spacial score (nSPS) is 20.4. The second-order valence-corrected chi connectivity index (χ2v) is 18.5. The third-order valence-electron chi connectivity index (χ3n) is 8.59. The molecule has 1 fully saturated rings. The molecule has 0 aliphatic carbocycles. The van der Waals surface area contributed by atoms with Gasteiger partial charge in [-0.3, -0.25) is 9.59 Å². The van der Waals surface area contributed by atoms with Crippen LogP contribution in [0.1, 0.15) is 44.4 Å². The molecule has 0 bridgehead atoms. The molecule has 0 N–H and O–H groups in total. The van der Waals surface area contributed by atoms with Gasteiger partial charge in [-0.1, -0.05) is 125 Å². The van der Waals surface area contributed by atoms with Gasteiger partial charge < -0.3 is 4.57 Å². The van der Waals surface area contributed by atoms with Crippen molar-refractivity contribution in [3.63, 3.8) is 0 Å². The van der Waals surface area contributed by atoms with Crippen molar-refractivity contribution in [2.75, 3.05) is 0 Å². The summed E-state index contributed by atoms with van der Waals surface area (Å²) in [6.07, 6.45) is 0. The van der Waals surface area contributed by atoms with Crippen LogP contribution in [0.5, 0.6) is 0 Å². The van der Waals surface area contributed by atoms with E-state index in [0.717, 1.165) is 16.7 Å². The van der Waals surface area contributed by atoms with Gasteiger partial charge in [0.05, 0.1) is 10.1 Å². The molecule has 5 rings (SSSR count). The van der Waals surface area contributed by atoms with Gasteiger partial charge in [-0.2, -0.15) is 0 Å². The Hall–Kier alpha value is -3.43. The van der Waals surface area contributed by atoms with Crippen LogP contribution in [-0.2, 0) is 14.3 Å². The molecule has 2 aliphatic rings. The molecule has 206 valence electrons.